The summed E-state index contributed by atoms with van der Waals surface area (Å²) in [6.45, 7) is 0. The Bertz CT molecular complexity index is 313. The SMILES string of the molecule is O=P(O)(O)OP(=O)(O)O.O=S(=O)(O)O.[KH]. The van der Waals surface area contributed by atoms with Gasteiger partial charge in [0.1, 0.15) is 0 Å². The predicted octanol–water partition coefficient (Wildman–Crippen LogP) is -2.11. The van der Waals surface area contributed by atoms with Crippen molar-refractivity contribution in [3.63, 3.8) is 0 Å². The summed E-state index contributed by atoms with van der Waals surface area (Å²) in [4.78, 5) is 31.0. The summed E-state index contributed by atoms with van der Waals surface area (Å²) in [6.07, 6.45) is 0. The molecule has 0 aromatic rings. The topological polar surface area (TPSA) is 199 Å². The molecule has 0 radical (unpaired) electrons. The van der Waals surface area contributed by atoms with Crippen molar-refractivity contribution >= 4 is 77.4 Å². The molecule has 0 amide bonds. The molecule has 0 heterocycles. The number of phosphoric acid groups is 2. The first kappa shape index (κ1) is 22.0. The van der Waals surface area contributed by atoms with Gasteiger partial charge in [-0.3, -0.25) is 9.11 Å². The Labute approximate surface area is 126 Å². The van der Waals surface area contributed by atoms with E-state index < -0.39 is 26.0 Å². The third-order valence-corrected chi connectivity index (χ3v) is 1.91. The first-order chi connectivity index (χ1) is 5.71. The Kier molecular flexibility index (Phi) is 11.7. The van der Waals surface area contributed by atoms with Crippen LogP contribution >= 0.6 is 15.6 Å². The molecule has 0 aromatic carbocycles. The maximum absolute atomic E-state index is 9.63. The van der Waals surface area contributed by atoms with E-state index in [-0.39, 0.29) is 51.4 Å². The van der Waals surface area contributed by atoms with E-state index in [0.717, 1.165) is 0 Å². The monoisotopic (exact) mass is 316 g/mol. The summed E-state index contributed by atoms with van der Waals surface area (Å²) in [6, 6.07) is 0. The molecule has 0 saturated heterocycles. The molecule has 0 bridgehead atoms. The van der Waals surface area contributed by atoms with Gasteiger partial charge in [0, 0.05) is 0 Å². The summed E-state index contributed by atoms with van der Waals surface area (Å²) in [5.74, 6) is 0. The number of hydrogen-bond acceptors (Lipinski definition) is 5. The zero-order valence-corrected chi connectivity index (χ0v) is 8.63. The average Bonchev–Trinajstić information content (AvgIpc) is 1.42. The van der Waals surface area contributed by atoms with Crippen LogP contribution in [0.4, 0.5) is 0 Å². The van der Waals surface area contributed by atoms with Crippen molar-refractivity contribution < 1.29 is 50.5 Å². The zero-order chi connectivity index (χ0) is 12.2. The Morgan fingerprint density at radius 2 is 1.00 bits per heavy atom. The first-order valence-electron chi connectivity index (χ1n) is 2.23. The van der Waals surface area contributed by atoms with Crippen LogP contribution in [0.15, 0.2) is 0 Å². The second-order valence-corrected chi connectivity index (χ2v) is 5.02. The van der Waals surface area contributed by atoms with Gasteiger partial charge in [0.05, 0.1) is 0 Å². The van der Waals surface area contributed by atoms with Gasteiger partial charge in [-0.25, -0.2) is 9.13 Å². The molecule has 11 nitrogen and oxygen atoms in total. The van der Waals surface area contributed by atoms with Crippen LogP contribution in [0.3, 0.4) is 0 Å². The van der Waals surface area contributed by atoms with Crippen LogP contribution in [0.1, 0.15) is 0 Å². The van der Waals surface area contributed by atoms with Crippen molar-refractivity contribution in [3.8, 4) is 0 Å². The maximum atomic E-state index is 9.63. The van der Waals surface area contributed by atoms with Gasteiger partial charge in [0.25, 0.3) is 0 Å². The average molecular weight is 316 g/mol. The first-order valence-corrected chi connectivity index (χ1v) is 6.69. The van der Waals surface area contributed by atoms with Gasteiger partial charge in [-0.15, -0.1) is 0 Å². The Balaban J connectivity index is -0.000000208. The summed E-state index contributed by atoms with van der Waals surface area (Å²) in [5, 5.41) is 0. The zero-order valence-electron chi connectivity index (χ0n) is 6.03. The predicted molar refractivity (Wildman–Crippen MR) is 46.5 cm³/mol. The van der Waals surface area contributed by atoms with Crippen LogP contribution in [-0.2, 0) is 23.8 Å². The fourth-order valence-corrected chi connectivity index (χ4v) is 1.25. The van der Waals surface area contributed by atoms with E-state index in [2.05, 4.69) is 4.31 Å². The number of hydrogen-bond donors (Lipinski definition) is 6. The molecule has 0 aliphatic carbocycles. The standard InChI is InChI=1S/K.H4O7P2.H2O4S.H/c;1-8(2,3)7-9(4,5)6;1-5(2,3)4;/h;(H2,1,2,3)(H2,4,5,6);(H2,1,2,3,4);. The summed E-state index contributed by atoms with van der Waals surface area (Å²) in [5.41, 5.74) is 0. The Morgan fingerprint density at radius 1 is 0.867 bits per heavy atom. The molecule has 0 saturated carbocycles. The van der Waals surface area contributed by atoms with E-state index in [9.17, 15) is 9.13 Å². The van der Waals surface area contributed by atoms with Gasteiger partial charge in [-0.1, -0.05) is 0 Å². The van der Waals surface area contributed by atoms with E-state index >= 15 is 0 Å². The minimum absolute atomic E-state index is 0. The third-order valence-electron chi connectivity index (χ3n) is 0.213. The number of rotatable bonds is 2. The quantitative estimate of drug-likeness (QED) is 0.185. The van der Waals surface area contributed by atoms with Crippen molar-refractivity contribution in [2.24, 2.45) is 0 Å². The molecule has 0 aliphatic rings. The summed E-state index contributed by atoms with van der Waals surface area (Å²) in [7, 11) is -14.8. The molecule has 6 N–H and O–H groups in total. The molecule has 0 rings (SSSR count). The van der Waals surface area contributed by atoms with Crippen molar-refractivity contribution in [1.82, 2.24) is 0 Å². The van der Waals surface area contributed by atoms with E-state index in [1.165, 1.54) is 0 Å². The summed E-state index contributed by atoms with van der Waals surface area (Å²) < 4.78 is 53.8. The minimum atomic E-state index is -5.05. The molecule has 15 heteroatoms. The van der Waals surface area contributed by atoms with Crippen LogP contribution in [0, 0.1) is 0 Å². The molecule has 15 heavy (non-hydrogen) atoms. The normalized spacial score (nSPS) is 12.1. The molecule has 0 atom stereocenters. The van der Waals surface area contributed by atoms with E-state index in [0.29, 0.717) is 0 Å². The molecule has 90 valence electrons. The van der Waals surface area contributed by atoms with Crippen molar-refractivity contribution in [2.45, 2.75) is 0 Å². The van der Waals surface area contributed by atoms with Gasteiger partial charge >= 0.3 is 77.4 Å². The van der Waals surface area contributed by atoms with Crippen molar-refractivity contribution in [1.29, 1.82) is 0 Å². The third kappa shape index (κ3) is 49.5. The van der Waals surface area contributed by atoms with Gasteiger partial charge in [0.2, 0.25) is 0 Å². The molecule has 0 aliphatic heterocycles. The van der Waals surface area contributed by atoms with Crippen molar-refractivity contribution in [2.75, 3.05) is 0 Å². The van der Waals surface area contributed by atoms with Crippen LogP contribution in [-0.4, -0.2) is 88.5 Å². The molecule has 0 unspecified atom stereocenters. The summed E-state index contributed by atoms with van der Waals surface area (Å²) >= 11 is 0. The van der Waals surface area contributed by atoms with Gasteiger partial charge in [-0.05, 0) is 0 Å². The fraction of sp³-hybridized carbons (Fsp3) is 0. The molecule has 0 aromatic heterocycles. The van der Waals surface area contributed by atoms with E-state index in [1.54, 1.807) is 0 Å². The van der Waals surface area contributed by atoms with Gasteiger partial charge < -0.3 is 19.6 Å². The van der Waals surface area contributed by atoms with Gasteiger partial charge in [-0.2, -0.15) is 12.7 Å². The van der Waals surface area contributed by atoms with Crippen molar-refractivity contribution in [3.05, 3.63) is 0 Å². The Morgan fingerprint density at radius 3 is 1.00 bits per heavy atom. The molecular weight excluding hydrogens is 309 g/mol. The second-order valence-electron chi connectivity index (χ2n) is 1.51. The van der Waals surface area contributed by atoms with E-state index in [1.807, 2.05) is 0 Å². The van der Waals surface area contributed by atoms with Crippen LogP contribution in [0.2, 0.25) is 0 Å². The molecule has 0 spiro atoms. The fourth-order valence-electron chi connectivity index (χ4n) is 0.139. The van der Waals surface area contributed by atoms with Crippen LogP contribution in [0.5, 0.6) is 0 Å². The molecule has 0 fully saturated rings. The van der Waals surface area contributed by atoms with Crippen LogP contribution < -0.4 is 0 Å². The Hall–Kier alpha value is 1.77. The van der Waals surface area contributed by atoms with E-state index in [4.69, 9.17) is 37.1 Å². The molecular formula is H7KO11P2S. The second kappa shape index (κ2) is 7.97. The van der Waals surface area contributed by atoms with Crippen LogP contribution in [0.25, 0.3) is 0 Å². The van der Waals surface area contributed by atoms with Gasteiger partial charge in [0.15, 0.2) is 0 Å².